The van der Waals surface area contributed by atoms with Crippen molar-refractivity contribution < 1.29 is 0 Å². The van der Waals surface area contributed by atoms with E-state index in [0.717, 1.165) is 18.5 Å². The molecule has 0 saturated carbocycles. The Morgan fingerprint density at radius 2 is 2.27 bits per heavy atom. The SMILES string of the molecule is CCCC(Br)n1cnc2c(N)ncnc21. The van der Waals surface area contributed by atoms with Gasteiger partial charge >= 0.3 is 0 Å². The highest BCUT2D eigenvalue weighted by Gasteiger charge is 2.12. The maximum Gasteiger partial charge on any atom is 0.166 e. The van der Waals surface area contributed by atoms with Crippen molar-refractivity contribution in [2.45, 2.75) is 24.7 Å². The van der Waals surface area contributed by atoms with E-state index in [-0.39, 0.29) is 4.95 Å². The van der Waals surface area contributed by atoms with Crippen molar-refractivity contribution in [1.29, 1.82) is 0 Å². The highest BCUT2D eigenvalue weighted by molar-refractivity contribution is 9.09. The monoisotopic (exact) mass is 269 g/mol. The normalized spacial score (nSPS) is 13.2. The van der Waals surface area contributed by atoms with E-state index < -0.39 is 0 Å². The third-order valence-electron chi connectivity index (χ3n) is 2.22. The lowest BCUT2D eigenvalue weighted by molar-refractivity contribution is 0.634. The molecule has 0 saturated heterocycles. The smallest absolute Gasteiger partial charge is 0.166 e. The van der Waals surface area contributed by atoms with Gasteiger partial charge in [0, 0.05) is 0 Å². The Hall–Kier alpha value is -1.17. The van der Waals surface area contributed by atoms with Gasteiger partial charge in [-0.05, 0) is 6.42 Å². The quantitative estimate of drug-likeness (QED) is 0.867. The number of nitrogens with zero attached hydrogens (tertiary/aromatic N) is 4. The first-order valence-corrected chi connectivity index (χ1v) is 5.72. The van der Waals surface area contributed by atoms with Gasteiger partial charge in [0.15, 0.2) is 11.5 Å². The summed E-state index contributed by atoms with van der Waals surface area (Å²) in [6.07, 6.45) is 5.32. The maximum atomic E-state index is 5.70. The van der Waals surface area contributed by atoms with Crippen LogP contribution in [0.4, 0.5) is 5.82 Å². The summed E-state index contributed by atoms with van der Waals surface area (Å²) in [5, 5.41) is 0. The number of nitrogens with two attached hydrogens (primary N) is 1. The second-order valence-electron chi connectivity index (χ2n) is 3.31. The van der Waals surface area contributed by atoms with Gasteiger partial charge in [-0.3, -0.25) is 0 Å². The minimum Gasteiger partial charge on any atom is -0.382 e. The number of hydrogen-bond acceptors (Lipinski definition) is 4. The summed E-state index contributed by atoms with van der Waals surface area (Å²) in [4.78, 5) is 12.5. The van der Waals surface area contributed by atoms with Crippen molar-refractivity contribution in [2.24, 2.45) is 0 Å². The van der Waals surface area contributed by atoms with Crippen molar-refractivity contribution in [3.05, 3.63) is 12.7 Å². The van der Waals surface area contributed by atoms with Crippen molar-refractivity contribution >= 4 is 32.9 Å². The minimum absolute atomic E-state index is 0.210. The van der Waals surface area contributed by atoms with Gasteiger partial charge < -0.3 is 10.3 Å². The van der Waals surface area contributed by atoms with E-state index in [2.05, 4.69) is 37.8 Å². The van der Waals surface area contributed by atoms with E-state index in [1.54, 1.807) is 6.33 Å². The molecule has 0 bridgehead atoms. The molecule has 80 valence electrons. The fourth-order valence-corrected chi connectivity index (χ4v) is 2.21. The Balaban J connectivity index is 2.49. The predicted molar refractivity (Wildman–Crippen MR) is 62.6 cm³/mol. The minimum atomic E-state index is 0.210. The first kappa shape index (κ1) is 10.4. The summed E-state index contributed by atoms with van der Waals surface area (Å²) in [6, 6.07) is 0. The summed E-state index contributed by atoms with van der Waals surface area (Å²) in [5.41, 5.74) is 7.14. The number of hydrogen-bond donors (Lipinski definition) is 1. The molecular weight excluding hydrogens is 258 g/mol. The van der Waals surface area contributed by atoms with Crippen molar-refractivity contribution in [1.82, 2.24) is 19.5 Å². The average Bonchev–Trinajstić information content (AvgIpc) is 2.63. The average molecular weight is 270 g/mol. The summed E-state index contributed by atoms with van der Waals surface area (Å²) >= 11 is 3.59. The Morgan fingerprint density at radius 1 is 1.47 bits per heavy atom. The molecule has 6 heteroatoms. The molecule has 1 unspecified atom stereocenters. The van der Waals surface area contributed by atoms with Gasteiger partial charge in [-0.25, -0.2) is 15.0 Å². The van der Waals surface area contributed by atoms with Gasteiger partial charge in [0.1, 0.15) is 11.8 Å². The van der Waals surface area contributed by atoms with Crippen LogP contribution in [0.15, 0.2) is 12.7 Å². The lowest BCUT2D eigenvalue weighted by Gasteiger charge is -2.10. The lowest BCUT2D eigenvalue weighted by atomic mass is 10.3. The first-order chi connectivity index (χ1) is 7.24. The molecule has 2 N–H and O–H groups in total. The van der Waals surface area contributed by atoms with Crippen LogP contribution in [0.3, 0.4) is 0 Å². The van der Waals surface area contributed by atoms with Crippen LogP contribution in [0, 0.1) is 0 Å². The van der Waals surface area contributed by atoms with Crippen LogP contribution < -0.4 is 5.73 Å². The van der Waals surface area contributed by atoms with E-state index in [1.165, 1.54) is 6.33 Å². The zero-order valence-electron chi connectivity index (χ0n) is 8.39. The van der Waals surface area contributed by atoms with Crippen molar-refractivity contribution in [3.63, 3.8) is 0 Å². The molecule has 0 aliphatic carbocycles. The first-order valence-electron chi connectivity index (χ1n) is 4.81. The second kappa shape index (κ2) is 4.14. The molecule has 5 nitrogen and oxygen atoms in total. The fraction of sp³-hybridized carbons (Fsp3) is 0.444. The van der Waals surface area contributed by atoms with Gasteiger partial charge in [-0.15, -0.1) is 0 Å². The fourth-order valence-electron chi connectivity index (χ4n) is 1.45. The largest absolute Gasteiger partial charge is 0.382 e. The highest BCUT2D eigenvalue weighted by Crippen LogP contribution is 2.25. The molecule has 2 aromatic rings. The van der Waals surface area contributed by atoms with Crippen LogP contribution in [0.5, 0.6) is 0 Å². The second-order valence-corrected chi connectivity index (χ2v) is 4.36. The van der Waals surface area contributed by atoms with Gasteiger partial charge in [0.25, 0.3) is 0 Å². The summed E-state index contributed by atoms with van der Waals surface area (Å²) in [6.45, 7) is 2.14. The van der Waals surface area contributed by atoms with E-state index in [4.69, 9.17) is 5.73 Å². The molecule has 2 heterocycles. The summed E-state index contributed by atoms with van der Waals surface area (Å²) < 4.78 is 1.97. The third-order valence-corrected chi connectivity index (χ3v) is 3.11. The Kier molecular flexibility index (Phi) is 2.86. The molecule has 0 aromatic carbocycles. The Labute approximate surface area is 95.9 Å². The van der Waals surface area contributed by atoms with E-state index >= 15 is 0 Å². The number of fused-ring (bicyclic) bond motifs is 1. The number of nitrogen functional groups attached to an aromatic ring is 1. The molecule has 1 atom stereocenters. The van der Waals surface area contributed by atoms with Crippen LogP contribution >= 0.6 is 15.9 Å². The van der Waals surface area contributed by atoms with Crippen LogP contribution in [0.1, 0.15) is 24.7 Å². The van der Waals surface area contributed by atoms with Gasteiger partial charge in [0.05, 0.1) is 11.3 Å². The Morgan fingerprint density at radius 3 is 3.00 bits per heavy atom. The molecule has 15 heavy (non-hydrogen) atoms. The number of halogens is 1. The van der Waals surface area contributed by atoms with Crippen molar-refractivity contribution in [2.75, 3.05) is 5.73 Å². The molecule has 0 aliphatic heterocycles. The van der Waals surface area contributed by atoms with Crippen LogP contribution in [0.2, 0.25) is 0 Å². The van der Waals surface area contributed by atoms with E-state index in [0.29, 0.717) is 11.3 Å². The van der Waals surface area contributed by atoms with Crippen LogP contribution in [-0.4, -0.2) is 19.5 Å². The Bertz CT molecular complexity index is 466. The lowest BCUT2D eigenvalue weighted by Crippen LogP contribution is -2.02. The van der Waals surface area contributed by atoms with E-state index in [1.807, 2.05) is 4.57 Å². The molecule has 0 radical (unpaired) electrons. The maximum absolute atomic E-state index is 5.70. The zero-order chi connectivity index (χ0) is 10.8. The number of imidazole rings is 1. The van der Waals surface area contributed by atoms with Crippen molar-refractivity contribution in [3.8, 4) is 0 Å². The molecule has 2 rings (SSSR count). The van der Waals surface area contributed by atoms with E-state index in [9.17, 15) is 0 Å². The highest BCUT2D eigenvalue weighted by atomic mass is 79.9. The molecular formula is C9H12BrN5. The van der Waals surface area contributed by atoms with Gasteiger partial charge in [-0.2, -0.15) is 0 Å². The van der Waals surface area contributed by atoms with Crippen LogP contribution in [-0.2, 0) is 0 Å². The predicted octanol–water partition coefficient (Wildman–Crippen LogP) is 2.10. The third kappa shape index (κ3) is 1.81. The molecule has 0 fully saturated rings. The number of aromatic nitrogens is 4. The number of alkyl halides is 1. The number of rotatable bonds is 3. The van der Waals surface area contributed by atoms with Gasteiger partial charge in [0.2, 0.25) is 0 Å². The molecule has 2 aromatic heterocycles. The number of anilines is 1. The molecule has 0 spiro atoms. The molecule has 0 aliphatic rings. The van der Waals surface area contributed by atoms with Crippen LogP contribution in [0.25, 0.3) is 11.2 Å². The van der Waals surface area contributed by atoms with Gasteiger partial charge in [-0.1, -0.05) is 29.3 Å². The zero-order valence-corrected chi connectivity index (χ0v) is 9.98. The summed E-state index contributed by atoms with van der Waals surface area (Å²) in [5.74, 6) is 0.426. The molecule has 0 amide bonds. The standard InChI is InChI=1S/C9H12BrN5/c1-2-3-6(10)15-5-14-7-8(11)12-4-13-9(7)15/h4-6H,2-3H2,1H3,(H2,11,12,13). The summed E-state index contributed by atoms with van der Waals surface area (Å²) in [7, 11) is 0. The topological polar surface area (TPSA) is 69.6 Å².